The largest absolute Gasteiger partial charge is 0.379 e. The molecule has 0 saturated carbocycles. The van der Waals surface area contributed by atoms with E-state index in [9.17, 15) is 4.79 Å². The molecular formula is C20H26N2O. The van der Waals surface area contributed by atoms with E-state index >= 15 is 0 Å². The van der Waals surface area contributed by atoms with Crippen LogP contribution >= 0.6 is 0 Å². The van der Waals surface area contributed by atoms with Crippen LogP contribution in [0.3, 0.4) is 0 Å². The first kappa shape index (κ1) is 17.1. The van der Waals surface area contributed by atoms with E-state index in [0.717, 1.165) is 11.4 Å². The Balaban J connectivity index is 2.03. The minimum atomic E-state index is -0.0574. The molecule has 3 nitrogen and oxygen atoms in total. The molecular weight excluding hydrogens is 284 g/mol. The molecule has 23 heavy (non-hydrogen) atoms. The average Bonchev–Trinajstić information content (AvgIpc) is 2.48. The van der Waals surface area contributed by atoms with Crippen molar-refractivity contribution in [2.75, 3.05) is 10.6 Å². The van der Waals surface area contributed by atoms with E-state index in [1.807, 2.05) is 24.3 Å². The summed E-state index contributed by atoms with van der Waals surface area (Å²) in [5, 5.41) is 6.25. The third-order valence-corrected chi connectivity index (χ3v) is 3.87. The number of rotatable bonds is 4. The number of carbonyl (C=O) groups is 1. The SMILES string of the molecule is CC(=O)Nc1ccc(NC(C)c2ccc(C(C)(C)C)cc2)cc1. The third kappa shape index (κ3) is 4.85. The molecule has 0 heterocycles. The van der Waals surface area contributed by atoms with Crippen molar-refractivity contribution in [3.8, 4) is 0 Å². The van der Waals surface area contributed by atoms with Crippen molar-refractivity contribution in [2.24, 2.45) is 0 Å². The van der Waals surface area contributed by atoms with Crippen molar-refractivity contribution in [1.29, 1.82) is 0 Å². The van der Waals surface area contributed by atoms with Crippen LogP contribution in [0.4, 0.5) is 11.4 Å². The van der Waals surface area contributed by atoms with E-state index in [0.29, 0.717) is 0 Å². The van der Waals surface area contributed by atoms with Gasteiger partial charge in [-0.3, -0.25) is 4.79 Å². The summed E-state index contributed by atoms with van der Waals surface area (Å²) in [6.45, 7) is 10.3. The summed E-state index contributed by atoms with van der Waals surface area (Å²) in [6.07, 6.45) is 0. The van der Waals surface area contributed by atoms with E-state index in [2.05, 4.69) is 62.6 Å². The summed E-state index contributed by atoms with van der Waals surface area (Å²) in [6, 6.07) is 16.7. The fourth-order valence-electron chi connectivity index (χ4n) is 2.46. The van der Waals surface area contributed by atoms with E-state index < -0.39 is 0 Å². The molecule has 0 spiro atoms. The topological polar surface area (TPSA) is 41.1 Å². The van der Waals surface area contributed by atoms with E-state index in [-0.39, 0.29) is 17.4 Å². The predicted molar refractivity (Wildman–Crippen MR) is 97.9 cm³/mol. The lowest BCUT2D eigenvalue weighted by Crippen LogP contribution is -2.12. The molecule has 0 radical (unpaired) electrons. The van der Waals surface area contributed by atoms with Gasteiger partial charge in [0.2, 0.25) is 5.91 Å². The number of hydrogen-bond acceptors (Lipinski definition) is 2. The molecule has 1 atom stereocenters. The molecule has 1 amide bonds. The van der Waals surface area contributed by atoms with Crippen molar-refractivity contribution in [3.63, 3.8) is 0 Å². The maximum Gasteiger partial charge on any atom is 0.221 e. The number of nitrogens with one attached hydrogen (secondary N) is 2. The molecule has 1 unspecified atom stereocenters. The molecule has 0 saturated heterocycles. The molecule has 2 aromatic carbocycles. The Bertz CT molecular complexity index is 652. The van der Waals surface area contributed by atoms with Gasteiger partial charge in [-0.15, -0.1) is 0 Å². The number of anilines is 2. The maximum atomic E-state index is 11.0. The van der Waals surface area contributed by atoms with Gasteiger partial charge in [0.05, 0.1) is 0 Å². The van der Waals surface area contributed by atoms with Gasteiger partial charge in [-0.1, -0.05) is 45.0 Å². The Morgan fingerprint density at radius 3 is 1.91 bits per heavy atom. The van der Waals surface area contributed by atoms with Crippen LogP contribution in [0, 0.1) is 0 Å². The summed E-state index contributed by atoms with van der Waals surface area (Å²) in [4.78, 5) is 11.0. The highest BCUT2D eigenvalue weighted by molar-refractivity contribution is 5.88. The maximum absolute atomic E-state index is 11.0. The van der Waals surface area contributed by atoms with Gasteiger partial charge < -0.3 is 10.6 Å². The monoisotopic (exact) mass is 310 g/mol. The quantitative estimate of drug-likeness (QED) is 0.823. The van der Waals surface area contributed by atoms with E-state index in [1.165, 1.54) is 18.1 Å². The number of hydrogen-bond donors (Lipinski definition) is 2. The zero-order valence-electron chi connectivity index (χ0n) is 14.6. The first-order valence-corrected chi connectivity index (χ1v) is 8.00. The van der Waals surface area contributed by atoms with Crippen molar-refractivity contribution in [1.82, 2.24) is 0 Å². The van der Waals surface area contributed by atoms with E-state index in [1.54, 1.807) is 0 Å². The Kier molecular flexibility index (Phi) is 5.09. The normalized spacial score (nSPS) is 12.6. The Morgan fingerprint density at radius 2 is 1.43 bits per heavy atom. The van der Waals surface area contributed by atoms with Crippen molar-refractivity contribution in [2.45, 2.75) is 46.1 Å². The van der Waals surface area contributed by atoms with Crippen molar-refractivity contribution in [3.05, 3.63) is 59.7 Å². The van der Waals surface area contributed by atoms with Crippen LogP contribution in [0.25, 0.3) is 0 Å². The lowest BCUT2D eigenvalue weighted by atomic mass is 9.86. The van der Waals surface area contributed by atoms with Gasteiger partial charge in [0.1, 0.15) is 0 Å². The van der Waals surface area contributed by atoms with Gasteiger partial charge >= 0.3 is 0 Å². The second-order valence-electron chi connectivity index (χ2n) is 7.00. The number of carbonyl (C=O) groups excluding carboxylic acids is 1. The Morgan fingerprint density at radius 1 is 0.913 bits per heavy atom. The fraction of sp³-hybridized carbons (Fsp3) is 0.350. The minimum Gasteiger partial charge on any atom is -0.379 e. The van der Waals surface area contributed by atoms with Gasteiger partial charge in [-0.25, -0.2) is 0 Å². The van der Waals surface area contributed by atoms with Crippen LogP contribution in [0.2, 0.25) is 0 Å². The zero-order chi connectivity index (χ0) is 17.0. The number of benzene rings is 2. The average molecular weight is 310 g/mol. The lowest BCUT2D eigenvalue weighted by Gasteiger charge is -2.21. The van der Waals surface area contributed by atoms with Crippen molar-refractivity contribution >= 4 is 17.3 Å². The van der Waals surface area contributed by atoms with Gasteiger partial charge in [0.15, 0.2) is 0 Å². The molecule has 0 aliphatic rings. The molecule has 0 bridgehead atoms. The molecule has 2 aromatic rings. The molecule has 2 N–H and O–H groups in total. The molecule has 2 rings (SSSR count). The number of amides is 1. The highest BCUT2D eigenvalue weighted by Crippen LogP contribution is 2.25. The molecule has 0 aromatic heterocycles. The van der Waals surface area contributed by atoms with Crippen LogP contribution in [-0.4, -0.2) is 5.91 Å². The third-order valence-electron chi connectivity index (χ3n) is 3.87. The minimum absolute atomic E-state index is 0.0574. The van der Waals surface area contributed by atoms with E-state index in [4.69, 9.17) is 0 Å². The Hall–Kier alpha value is -2.29. The van der Waals surface area contributed by atoms with Gasteiger partial charge in [0, 0.05) is 24.3 Å². The smallest absolute Gasteiger partial charge is 0.221 e. The van der Waals surface area contributed by atoms with Gasteiger partial charge in [-0.2, -0.15) is 0 Å². The standard InChI is InChI=1S/C20H26N2O/c1-14(16-6-8-17(9-7-16)20(3,4)5)21-18-10-12-19(13-11-18)22-15(2)23/h6-14,21H,1-5H3,(H,22,23). The molecule has 122 valence electrons. The summed E-state index contributed by atoms with van der Waals surface area (Å²) in [5.41, 5.74) is 4.61. The highest BCUT2D eigenvalue weighted by atomic mass is 16.1. The van der Waals surface area contributed by atoms with Crippen LogP contribution in [0.15, 0.2) is 48.5 Å². The van der Waals surface area contributed by atoms with Crippen LogP contribution in [0.1, 0.15) is 51.8 Å². The zero-order valence-corrected chi connectivity index (χ0v) is 14.6. The van der Waals surface area contributed by atoms with Crippen LogP contribution in [0.5, 0.6) is 0 Å². The summed E-state index contributed by atoms with van der Waals surface area (Å²) >= 11 is 0. The second-order valence-corrected chi connectivity index (χ2v) is 7.00. The first-order valence-electron chi connectivity index (χ1n) is 8.00. The van der Waals surface area contributed by atoms with Crippen LogP contribution < -0.4 is 10.6 Å². The highest BCUT2D eigenvalue weighted by Gasteiger charge is 2.14. The van der Waals surface area contributed by atoms with Crippen molar-refractivity contribution < 1.29 is 4.79 Å². The summed E-state index contributed by atoms with van der Waals surface area (Å²) in [7, 11) is 0. The second kappa shape index (κ2) is 6.86. The summed E-state index contributed by atoms with van der Waals surface area (Å²) < 4.78 is 0. The predicted octanol–water partition coefficient (Wildman–Crippen LogP) is 5.12. The first-order chi connectivity index (χ1) is 10.8. The Labute approximate surface area is 139 Å². The lowest BCUT2D eigenvalue weighted by molar-refractivity contribution is -0.114. The van der Waals surface area contributed by atoms with Crippen LogP contribution in [-0.2, 0) is 10.2 Å². The molecule has 0 aliphatic carbocycles. The van der Waals surface area contributed by atoms with Gasteiger partial charge in [0.25, 0.3) is 0 Å². The van der Waals surface area contributed by atoms with Gasteiger partial charge in [-0.05, 0) is 47.7 Å². The molecule has 0 fully saturated rings. The molecule has 3 heteroatoms. The fourth-order valence-corrected chi connectivity index (χ4v) is 2.46. The summed E-state index contributed by atoms with van der Waals surface area (Å²) in [5.74, 6) is -0.0574. The molecule has 0 aliphatic heterocycles.